The molecule has 0 amide bonds. The lowest BCUT2D eigenvalue weighted by atomic mass is 9.99. The number of ether oxygens (including phenoxy) is 1. The number of fused-ring (bicyclic) bond motifs is 1. The van der Waals surface area contributed by atoms with Crippen molar-refractivity contribution >= 4 is 36.8 Å². The first-order valence-corrected chi connectivity index (χ1v) is 15.4. The van der Waals surface area contributed by atoms with Crippen molar-refractivity contribution in [2.24, 2.45) is 0 Å². The van der Waals surface area contributed by atoms with Gasteiger partial charge in [0.1, 0.15) is 12.8 Å². The number of aromatic nitrogens is 2. The van der Waals surface area contributed by atoms with Gasteiger partial charge >= 0.3 is 0 Å². The highest BCUT2D eigenvalue weighted by atomic mass is 28.3. The summed E-state index contributed by atoms with van der Waals surface area (Å²) >= 11 is 0. The van der Waals surface area contributed by atoms with Crippen molar-refractivity contribution in [3.8, 4) is 0 Å². The van der Waals surface area contributed by atoms with Gasteiger partial charge in [0, 0.05) is 25.8 Å². The molecule has 0 aliphatic heterocycles. The molecule has 0 aliphatic carbocycles. The van der Waals surface area contributed by atoms with E-state index in [1.54, 1.807) is 6.07 Å². The van der Waals surface area contributed by atoms with Crippen molar-refractivity contribution in [3.05, 3.63) is 95.2 Å². The number of nitrogens with zero attached hydrogens (tertiary/aromatic N) is 2. The summed E-state index contributed by atoms with van der Waals surface area (Å²) in [6.45, 7) is 8.12. The average Bonchev–Trinajstić information content (AvgIpc) is 3.17. The van der Waals surface area contributed by atoms with Crippen LogP contribution in [0.3, 0.4) is 0 Å². The van der Waals surface area contributed by atoms with E-state index in [0.29, 0.717) is 12.4 Å². The SMILES string of the molecule is C[Si](C)(C)CCOCn1nc(/C=C/c2ccccc2)c2ccc(C(O)c3cccc(N)c3)cc21. The van der Waals surface area contributed by atoms with Crippen molar-refractivity contribution in [1.29, 1.82) is 0 Å². The van der Waals surface area contributed by atoms with E-state index in [4.69, 9.17) is 15.6 Å². The Bertz CT molecular complexity index is 1280. The smallest absolute Gasteiger partial charge is 0.140 e. The molecular weight excluding hydrogens is 438 g/mol. The van der Waals surface area contributed by atoms with E-state index >= 15 is 0 Å². The van der Waals surface area contributed by atoms with E-state index in [1.165, 1.54) is 0 Å². The van der Waals surface area contributed by atoms with Crippen LogP contribution in [0.4, 0.5) is 5.69 Å². The Morgan fingerprint density at radius 3 is 2.47 bits per heavy atom. The quantitative estimate of drug-likeness (QED) is 0.174. The molecule has 3 N–H and O–H groups in total. The molecule has 4 aromatic rings. The van der Waals surface area contributed by atoms with Crippen molar-refractivity contribution in [2.75, 3.05) is 12.3 Å². The van der Waals surface area contributed by atoms with Gasteiger partial charge in [-0.3, -0.25) is 0 Å². The minimum Gasteiger partial charge on any atom is -0.399 e. The van der Waals surface area contributed by atoms with Gasteiger partial charge in [-0.05, 0) is 47.0 Å². The molecule has 6 heteroatoms. The number of hydrogen-bond acceptors (Lipinski definition) is 4. The third-order valence-electron chi connectivity index (χ3n) is 5.79. The van der Waals surface area contributed by atoms with Crippen LogP contribution in [0.1, 0.15) is 28.5 Å². The minimum absolute atomic E-state index is 0.373. The second kappa shape index (κ2) is 10.4. The summed E-state index contributed by atoms with van der Waals surface area (Å²) in [7, 11) is -1.17. The molecule has 0 aliphatic rings. The highest BCUT2D eigenvalue weighted by Crippen LogP contribution is 2.29. The molecule has 1 aromatic heterocycles. The maximum atomic E-state index is 11.0. The number of nitrogens with two attached hydrogens (primary N) is 1. The summed E-state index contributed by atoms with van der Waals surface area (Å²) in [5.74, 6) is 0. The molecule has 34 heavy (non-hydrogen) atoms. The van der Waals surface area contributed by atoms with Crippen molar-refractivity contribution in [2.45, 2.75) is 38.5 Å². The lowest BCUT2D eigenvalue weighted by Crippen LogP contribution is -2.22. The number of anilines is 1. The van der Waals surface area contributed by atoms with Gasteiger partial charge in [-0.2, -0.15) is 5.10 Å². The standard InChI is InChI=1S/C28H33N3O2Si/c1-34(2,3)17-16-33-20-31-27-19-23(28(32)22-10-7-11-24(29)18-22)13-14-25(27)26(30-31)15-12-21-8-5-4-6-9-21/h4-15,18-19,28,32H,16-17,20,29H2,1-3H3/b15-12+. The van der Waals surface area contributed by atoms with Gasteiger partial charge in [0.2, 0.25) is 0 Å². The number of nitrogen functional groups attached to an aromatic ring is 1. The van der Waals surface area contributed by atoms with Gasteiger partial charge in [0.25, 0.3) is 0 Å². The fourth-order valence-corrected chi connectivity index (χ4v) is 4.56. The largest absolute Gasteiger partial charge is 0.399 e. The second-order valence-corrected chi connectivity index (χ2v) is 15.4. The Hall–Kier alpha value is -3.19. The highest BCUT2D eigenvalue weighted by molar-refractivity contribution is 6.76. The zero-order valence-corrected chi connectivity index (χ0v) is 21.1. The summed E-state index contributed by atoms with van der Waals surface area (Å²) in [5.41, 5.74) is 11.0. The Morgan fingerprint density at radius 2 is 1.74 bits per heavy atom. The molecule has 1 heterocycles. The minimum atomic E-state index is -1.17. The zero-order chi connectivity index (χ0) is 24.1. The number of benzene rings is 3. The van der Waals surface area contributed by atoms with E-state index in [-0.39, 0.29) is 0 Å². The number of aliphatic hydroxyl groups is 1. The fraction of sp³-hybridized carbons (Fsp3) is 0.250. The summed E-state index contributed by atoms with van der Waals surface area (Å²) in [6.07, 6.45) is 3.32. The predicted molar refractivity (Wildman–Crippen MR) is 144 cm³/mol. The molecule has 0 bridgehead atoms. The van der Waals surface area contributed by atoms with Gasteiger partial charge in [-0.25, -0.2) is 4.68 Å². The molecular formula is C28H33N3O2Si. The van der Waals surface area contributed by atoms with Crippen LogP contribution in [-0.2, 0) is 11.5 Å². The normalized spacial score (nSPS) is 13.1. The first kappa shape index (κ1) is 23.9. The lowest BCUT2D eigenvalue weighted by molar-refractivity contribution is 0.0816. The molecule has 0 radical (unpaired) electrons. The molecule has 3 aromatic carbocycles. The first-order chi connectivity index (χ1) is 16.3. The van der Waals surface area contributed by atoms with Gasteiger partial charge in [0.05, 0.1) is 11.2 Å². The van der Waals surface area contributed by atoms with E-state index in [1.807, 2.05) is 65.4 Å². The van der Waals surface area contributed by atoms with Crippen molar-refractivity contribution < 1.29 is 9.84 Å². The van der Waals surface area contributed by atoms with Crippen molar-refractivity contribution in [1.82, 2.24) is 9.78 Å². The third-order valence-corrected chi connectivity index (χ3v) is 7.49. The number of hydrogen-bond donors (Lipinski definition) is 2. The first-order valence-electron chi connectivity index (χ1n) is 11.6. The Morgan fingerprint density at radius 1 is 0.971 bits per heavy atom. The van der Waals surface area contributed by atoms with Crippen LogP contribution >= 0.6 is 0 Å². The third kappa shape index (κ3) is 6.02. The van der Waals surface area contributed by atoms with Crippen LogP contribution < -0.4 is 5.73 Å². The lowest BCUT2D eigenvalue weighted by Gasteiger charge is -2.15. The predicted octanol–water partition coefficient (Wildman–Crippen LogP) is 6.18. The molecule has 0 saturated carbocycles. The summed E-state index contributed by atoms with van der Waals surface area (Å²) in [6, 6.07) is 24.6. The van der Waals surface area contributed by atoms with Crippen LogP contribution in [0.15, 0.2) is 72.8 Å². The van der Waals surface area contributed by atoms with E-state index in [9.17, 15) is 5.11 Å². The van der Waals surface area contributed by atoms with Crippen LogP contribution in [0.2, 0.25) is 25.7 Å². The summed E-state index contributed by atoms with van der Waals surface area (Å²) in [5, 5.41) is 16.9. The Kier molecular flexibility index (Phi) is 7.31. The highest BCUT2D eigenvalue weighted by Gasteiger charge is 2.16. The van der Waals surface area contributed by atoms with Gasteiger partial charge < -0.3 is 15.6 Å². The Balaban J connectivity index is 1.66. The molecule has 1 atom stereocenters. The van der Waals surface area contributed by atoms with E-state index < -0.39 is 14.2 Å². The van der Waals surface area contributed by atoms with E-state index in [0.717, 1.165) is 45.9 Å². The fourth-order valence-electron chi connectivity index (χ4n) is 3.80. The monoisotopic (exact) mass is 471 g/mol. The number of aliphatic hydroxyl groups excluding tert-OH is 1. The van der Waals surface area contributed by atoms with Crippen molar-refractivity contribution in [3.63, 3.8) is 0 Å². The Labute approximate surface area is 202 Å². The molecule has 0 saturated heterocycles. The van der Waals surface area contributed by atoms with Crippen LogP contribution in [0.25, 0.3) is 23.1 Å². The molecule has 176 valence electrons. The topological polar surface area (TPSA) is 73.3 Å². The van der Waals surface area contributed by atoms with Gasteiger partial charge in [-0.15, -0.1) is 0 Å². The zero-order valence-electron chi connectivity index (χ0n) is 20.1. The molecule has 0 fully saturated rings. The van der Waals surface area contributed by atoms with E-state index in [2.05, 4.69) is 37.8 Å². The maximum Gasteiger partial charge on any atom is 0.140 e. The summed E-state index contributed by atoms with van der Waals surface area (Å²) in [4.78, 5) is 0. The van der Waals surface area contributed by atoms with Crippen LogP contribution in [0, 0.1) is 0 Å². The van der Waals surface area contributed by atoms with Crippen LogP contribution in [0.5, 0.6) is 0 Å². The summed E-state index contributed by atoms with van der Waals surface area (Å²) < 4.78 is 7.90. The second-order valence-electron chi connectivity index (χ2n) is 9.83. The number of rotatable bonds is 9. The molecule has 5 nitrogen and oxygen atoms in total. The van der Waals surface area contributed by atoms with Gasteiger partial charge in [-0.1, -0.05) is 80.3 Å². The maximum absolute atomic E-state index is 11.0. The molecule has 0 spiro atoms. The molecule has 4 rings (SSSR count). The average molecular weight is 472 g/mol. The van der Waals surface area contributed by atoms with Gasteiger partial charge in [0.15, 0.2) is 0 Å². The van der Waals surface area contributed by atoms with Crippen LogP contribution in [-0.4, -0.2) is 29.6 Å². The molecule has 1 unspecified atom stereocenters.